The summed E-state index contributed by atoms with van der Waals surface area (Å²) < 4.78 is 35.6. The summed E-state index contributed by atoms with van der Waals surface area (Å²) in [6.45, 7) is 3.48. The fourth-order valence-corrected chi connectivity index (χ4v) is 3.63. The van der Waals surface area contributed by atoms with Gasteiger partial charge in [-0.15, -0.1) is 0 Å². The first-order chi connectivity index (χ1) is 13.3. The minimum absolute atomic E-state index is 0.00305. The van der Waals surface area contributed by atoms with Crippen LogP contribution in [0, 0.1) is 5.82 Å². The molecule has 1 saturated heterocycles. The molecule has 0 aliphatic carbocycles. The molecule has 150 valence electrons. The largest absolute Gasteiger partial charge is 0.323 e. The molecular weight excluding hydrogens is 383 g/mol. The van der Waals surface area contributed by atoms with Crippen LogP contribution in [0.4, 0.5) is 14.9 Å². The Hall–Kier alpha value is -2.49. The standard InChI is InChI=1S/C19H23FN4O3S/c20-16-4-2-15(3-5-16)14-23-10-1-11-24(13-12-23)19(25)22-17-6-8-18(9-7-17)28(21,26)27/h2-9H,1,10-14H2,(H,22,25)(H2,21,26,27). The maximum Gasteiger partial charge on any atom is 0.321 e. The van der Waals surface area contributed by atoms with Crippen LogP contribution in [-0.4, -0.2) is 50.4 Å². The van der Waals surface area contributed by atoms with Crippen molar-refractivity contribution in [2.75, 3.05) is 31.5 Å². The van der Waals surface area contributed by atoms with Gasteiger partial charge in [0.15, 0.2) is 0 Å². The highest BCUT2D eigenvalue weighted by Crippen LogP contribution is 2.15. The van der Waals surface area contributed by atoms with E-state index in [0.29, 0.717) is 25.3 Å². The molecule has 2 amide bonds. The molecule has 2 aromatic rings. The first kappa shape index (κ1) is 20.2. The summed E-state index contributed by atoms with van der Waals surface area (Å²) in [6.07, 6.45) is 0.832. The summed E-state index contributed by atoms with van der Waals surface area (Å²) in [5.74, 6) is -0.250. The van der Waals surface area contributed by atoms with E-state index < -0.39 is 10.0 Å². The van der Waals surface area contributed by atoms with Crippen LogP contribution >= 0.6 is 0 Å². The van der Waals surface area contributed by atoms with Crippen molar-refractivity contribution < 1.29 is 17.6 Å². The van der Waals surface area contributed by atoms with Crippen molar-refractivity contribution in [2.24, 2.45) is 5.14 Å². The number of carbonyl (C=O) groups excluding carboxylic acids is 1. The van der Waals surface area contributed by atoms with Gasteiger partial charge in [-0.1, -0.05) is 12.1 Å². The van der Waals surface area contributed by atoms with Crippen molar-refractivity contribution in [1.29, 1.82) is 0 Å². The molecule has 3 N–H and O–H groups in total. The zero-order chi connectivity index (χ0) is 20.1. The van der Waals surface area contributed by atoms with Gasteiger partial charge in [-0.25, -0.2) is 22.7 Å². The minimum Gasteiger partial charge on any atom is -0.323 e. The Kier molecular flexibility index (Phi) is 6.28. The minimum atomic E-state index is -3.76. The van der Waals surface area contributed by atoms with E-state index in [2.05, 4.69) is 10.2 Å². The van der Waals surface area contributed by atoms with E-state index >= 15 is 0 Å². The molecule has 28 heavy (non-hydrogen) atoms. The molecule has 0 atom stereocenters. The molecule has 1 fully saturated rings. The van der Waals surface area contributed by atoms with E-state index in [-0.39, 0.29) is 16.7 Å². The second kappa shape index (κ2) is 8.68. The smallest absolute Gasteiger partial charge is 0.321 e. The fraction of sp³-hybridized carbons (Fsp3) is 0.316. The van der Waals surface area contributed by atoms with Crippen LogP contribution in [0.2, 0.25) is 0 Å². The van der Waals surface area contributed by atoms with E-state index in [1.807, 2.05) is 0 Å². The fourth-order valence-electron chi connectivity index (χ4n) is 3.11. The van der Waals surface area contributed by atoms with Gasteiger partial charge in [0.1, 0.15) is 5.82 Å². The number of urea groups is 1. The lowest BCUT2D eigenvalue weighted by Gasteiger charge is -2.22. The lowest BCUT2D eigenvalue weighted by molar-refractivity contribution is 0.211. The first-order valence-corrected chi connectivity index (χ1v) is 10.5. The summed E-state index contributed by atoms with van der Waals surface area (Å²) in [5, 5.41) is 7.85. The number of anilines is 1. The van der Waals surface area contributed by atoms with Crippen molar-refractivity contribution >= 4 is 21.7 Å². The SMILES string of the molecule is NS(=O)(=O)c1ccc(NC(=O)N2CCCN(Cc3ccc(F)cc3)CC2)cc1. The Bertz CT molecular complexity index is 917. The predicted octanol–water partition coefficient (Wildman–Crippen LogP) is 2.21. The van der Waals surface area contributed by atoms with E-state index in [0.717, 1.165) is 25.1 Å². The Labute approximate surface area is 164 Å². The second-order valence-corrected chi connectivity index (χ2v) is 8.30. The molecule has 0 radical (unpaired) electrons. The number of sulfonamides is 1. The van der Waals surface area contributed by atoms with Gasteiger partial charge in [-0.2, -0.15) is 0 Å². The zero-order valence-corrected chi connectivity index (χ0v) is 16.2. The van der Waals surface area contributed by atoms with E-state index in [1.165, 1.54) is 36.4 Å². The summed E-state index contributed by atoms with van der Waals surface area (Å²) in [7, 11) is -3.76. The van der Waals surface area contributed by atoms with Crippen molar-refractivity contribution in [2.45, 2.75) is 17.9 Å². The summed E-state index contributed by atoms with van der Waals surface area (Å²) in [6, 6.07) is 12.0. The zero-order valence-electron chi connectivity index (χ0n) is 15.3. The van der Waals surface area contributed by atoms with Gasteiger partial charge in [-0.05, 0) is 48.4 Å². The summed E-state index contributed by atoms with van der Waals surface area (Å²) in [4.78, 5) is 16.5. The summed E-state index contributed by atoms with van der Waals surface area (Å²) in [5.41, 5.74) is 1.54. The maximum absolute atomic E-state index is 13.0. The van der Waals surface area contributed by atoms with Gasteiger partial charge in [-0.3, -0.25) is 4.90 Å². The third-order valence-corrected chi connectivity index (χ3v) is 5.56. The Morgan fingerprint density at radius 3 is 2.32 bits per heavy atom. The lowest BCUT2D eigenvalue weighted by atomic mass is 10.2. The number of hydrogen-bond acceptors (Lipinski definition) is 4. The summed E-state index contributed by atoms with van der Waals surface area (Å²) >= 11 is 0. The number of nitrogens with two attached hydrogens (primary N) is 1. The van der Waals surface area contributed by atoms with Crippen LogP contribution in [0.3, 0.4) is 0 Å². The van der Waals surface area contributed by atoms with Gasteiger partial charge in [0.25, 0.3) is 0 Å². The van der Waals surface area contributed by atoms with Crippen LogP contribution < -0.4 is 10.5 Å². The topological polar surface area (TPSA) is 95.7 Å². The highest BCUT2D eigenvalue weighted by molar-refractivity contribution is 7.89. The normalized spacial score (nSPS) is 15.9. The quantitative estimate of drug-likeness (QED) is 0.814. The van der Waals surface area contributed by atoms with Gasteiger partial charge >= 0.3 is 6.03 Å². The molecular formula is C19H23FN4O3S. The molecule has 3 rings (SSSR count). The van der Waals surface area contributed by atoms with Crippen LogP contribution in [0.5, 0.6) is 0 Å². The number of primary sulfonamides is 1. The number of amides is 2. The monoisotopic (exact) mass is 406 g/mol. The predicted molar refractivity (Wildman–Crippen MR) is 105 cm³/mol. The van der Waals surface area contributed by atoms with E-state index in [4.69, 9.17) is 5.14 Å². The molecule has 7 nitrogen and oxygen atoms in total. The van der Waals surface area contributed by atoms with Crippen molar-refractivity contribution in [3.63, 3.8) is 0 Å². The maximum atomic E-state index is 13.0. The van der Waals surface area contributed by atoms with E-state index in [1.54, 1.807) is 17.0 Å². The second-order valence-electron chi connectivity index (χ2n) is 6.74. The lowest BCUT2D eigenvalue weighted by Crippen LogP contribution is -2.38. The average molecular weight is 406 g/mol. The molecule has 1 aliphatic rings. The van der Waals surface area contributed by atoms with Crippen molar-refractivity contribution in [1.82, 2.24) is 9.80 Å². The highest BCUT2D eigenvalue weighted by Gasteiger charge is 2.19. The number of benzene rings is 2. The molecule has 0 bridgehead atoms. The van der Waals surface area contributed by atoms with Crippen molar-refractivity contribution in [3.8, 4) is 0 Å². The molecule has 1 aliphatic heterocycles. The van der Waals surface area contributed by atoms with Crippen LogP contribution in [-0.2, 0) is 16.6 Å². The van der Waals surface area contributed by atoms with Crippen LogP contribution in [0.1, 0.15) is 12.0 Å². The highest BCUT2D eigenvalue weighted by atomic mass is 32.2. The first-order valence-electron chi connectivity index (χ1n) is 8.97. The molecule has 0 unspecified atom stereocenters. The Morgan fingerprint density at radius 2 is 1.68 bits per heavy atom. The number of nitrogens with zero attached hydrogens (tertiary/aromatic N) is 2. The molecule has 9 heteroatoms. The Balaban J connectivity index is 1.54. The molecule has 2 aromatic carbocycles. The molecule has 0 spiro atoms. The van der Waals surface area contributed by atoms with Gasteiger partial charge in [0, 0.05) is 38.4 Å². The van der Waals surface area contributed by atoms with Gasteiger partial charge < -0.3 is 10.2 Å². The Morgan fingerprint density at radius 1 is 1.00 bits per heavy atom. The number of rotatable bonds is 4. The van der Waals surface area contributed by atoms with Crippen LogP contribution in [0.15, 0.2) is 53.4 Å². The number of halogens is 1. The van der Waals surface area contributed by atoms with Gasteiger partial charge in [0.2, 0.25) is 10.0 Å². The molecule has 0 aromatic heterocycles. The molecule has 1 heterocycles. The van der Waals surface area contributed by atoms with Crippen LogP contribution in [0.25, 0.3) is 0 Å². The molecule has 0 saturated carbocycles. The number of nitrogens with one attached hydrogen (secondary N) is 1. The number of hydrogen-bond donors (Lipinski definition) is 2. The average Bonchev–Trinajstić information content (AvgIpc) is 2.89. The number of carbonyl (C=O) groups is 1. The third-order valence-electron chi connectivity index (χ3n) is 4.63. The van der Waals surface area contributed by atoms with Crippen molar-refractivity contribution in [3.05, 3.63) is 59.9 Å². The van der Waals surface area contributed by atoms with E-state index in [9.17, 15) is 17.6 Å². The van der Waals surface area contributed by atoms with Gasteiger partial charge in [0.05, 0.1) is 4.90 Å². The third kappa shape index (κ3) is 5.51.